The van der Waals surface area contributed by atoms with Gasteiger partial charge in [-0.2, -0.15) is 5.10 Å². The van der Waals surface area contributed by atoms with Gasteiger partial charge in [-0.15, -0.1) is 0 Å². The average molecular weight is 344 g/mol. The fourth-order valence-corrected chi connectivity index (χ4v) is 3.70. The summed E-state index contributed by atoms with van der Waals surface area (Å²) in [6.45, 7) is 20.7. The van der Waals surface area contributed by atoms with Gasteiger partial charge in [0.1, 0.15) is 0 Å². The molecule has 0 fully saturated rings. The van der Waals surface area contributed by atoms with Gasteiger partial charge in [0.15, 0.2) is 0 Å². The number of hydrogen-bond acceptors (Lipinski definition) is 1. The minimum atomic E-state index is 0.0646. The summed E-state index contributed by atoms with van der Waals surface area (Å²) >= 11 is 0. The number of rotatable bonds is 6. The van der Waals surface area contributed by atoms with Gasteiger partial charge >= 0.3 is 0 Å². The number of aromatic amines is 2. The van der Waals surface area contributed by atoms with Crippen LogP contribution in [-0.2, 0) is 16.2 Å². The Morgan fingerprint density at radius 1 is 0.840 bits per heavy atom. The molecule has 0 unspecified atom stereocenters. The van der Waals surface area contributed by atoms with E-state index >= 15 is 0 Å². The Morgan fingerprint density at radius 2 is 1.40 bits per heavy atom. The summed E-state index contributed by atoms with van der Waals surface area (Å²) in [5.74, 6) is 0.498. The van der Waals surface area contributed by atoms with Gasteiger partial charge in [0.2, 0.25) is 0 Å². The first kappa shape index (κ1) is 19.8. The highest BCUT2D eigenvalue weighted by atomic mass is 15.1. The van der Waals surface area contributed by atoms with Gasteiger partial charge in [0.05, 0.1) is 5.69 Å². The molecule has 0 spiro atoms. The van der Waals surface area contributed by atoms with E-state index in [1.807, 2.05) is 0 Å². The van der Waals surface area contributed by atoms with Crippen LogP contribution in [0.1, 0.15) is 103 Å². The number of nitrogens with zero attached hydrogens (tertiary/aromatic N) is 1. The monoisotopic (exact) mass is 343 g/mol. The lowest BCUT2D eigenvalue weighted by atomic mass is 9.70. The van der Waals surface area contributed by atoms with Crippen LogP contribution in [0.25, 0.3) is 0 Å². The molecule has 2 aromatic rings. The topological polar surface area (TPSA) is 44.5 Å². The minimum Gasteiger partial charge on any atom is -0.367 e. The lowest BCUT2D eigenvalue weighted by molar-refractivity contribution is 0.362. The number of aromatic nitrogens is 3. The lowest BCUT2D eigenvalue weighted by Gasteiger charge is -2.33. The summed E-state index contributed by atoms with van der Waals surface area (Å²) in [4.78, 5) is 3.34. The summed E-state index contributed by atoms with van der Waals surface area (Å²) in [6.07, 6.45) is 8.68. The molecule has 25 heavy (non-hydrogen) atoms. The second-order valence-electron chi connectivity index (χ2n) is 10.1. The molecule has 0 saturated heterocycles. The van der Waals surface area contributed by atoms with Crippen LogP contribution in [-0.4, -0.2) is 15.2 Å². The van der Waals surface area contributed by atoms with Gasteiger partial charge < -0.3 is 4.98 Å². The first-order chi connectivity index (χ1) is 11.4. The molecule has 2 heterocycles. The molecule has 0 atom stereocenters. The van der Waals surface area contributed by atoms with E-state index in [9.17, 15) is 0 Å². The minimum absolute atomic E-state index is 0.0646. The van der Waals surface area contributed by atoms with Crippen LogP contribution in [0.5, 0.6) is 0 Å². The Kier molecular flexibility index (Phi) is 5.28. The SMILES string of the molecule is CC(C)c1c[nH]nc1C(C)(C)CCC(C)(C)c1c[nH]cc1C(C)(C)C. The summed E-state index contributed by atoms with van der Waals surface area (Å²) < 4.78 is 0. The van der Waals surface area contributed by atoms with Crippen LogP contribution in [0, 0.1) is 0 Å². The Morgan fingerprint density at radius 3 is 1.96 bits per heavy atom. The van der Waals surface area contributed by atoms with E-state index in [1.165, 1.54) is 22.4 Å². The summed E-state index contributed by atoms with van der Waals surface area (Å²) in [6, 6.07) is 0. The molecule has 0 radical (unpaired) electrons. The fraction of sp³-hybridized carbons (Fsp3) is 0.682. The van der Waals surface area contributed by atoms with Gasteiger partial charge in [-0.05, 0) is 46.3 Å². The molecule has 3 heteroatoms. The van der Waals surface area contributed by atoms with Crippen molar-refractivity contribution in [3.63, 3.8) is 0 Å². The Bertz CT molecular complexity index is 693. The van der Waals surface area contributed by atoms with E-state index < -0.39 is 0 Å². The smallest absolute Gasteiger partial charge is 0.0712 e. The maximum Gasteiger partial charge on any atom is 0.0712 e. The van der Waals surface area contributed by atoms with Crippen LogP contribution in [0.3, 0.4) is 0 Å². The third kappa shape index (κ3) is 4.19. The highest BCUT2D eigenvalue weighted by Gasteiger charge is 2.33. The van der Waals surface area contributed by atoms with Crippen molar-refractivity contribution < 1.29 is 0 Å². The van der Waals surface area contributed by atoms with Crippen molar-refractivity contribution in [3.8, 4) is 0 Å². The number of hydrogen-bond donors (Lipinski definition) is 2. The van der Waals surface area contributed by atoms with Gasteiger partial charge in [-0.1, -0.05) is 62.3 Å². The average Bonchev–Trinajstić information content (AvgIpc) is 3.13. The molecule has 140 valence electrons. The molecule has 0 aliphatic carbocycles. The number of nitrogens with one attached hydrogen (secondary N) is 2. The molecule has 2 rings (SSSR count). The highest BCUT2D eigenvalue weighted by Crippen LogP contribution is 2.40. The van der Waals surface area contributed by atoms with Gasteiger partial charge in [-0.25, -0.2) is 0 Å². The zero-order valence-electron chi connectivity index (χ0n) is 17.7. The molecule has 3 nitrogen and oxygen atoms in total. The molecular formula is C22H37N3. The van der Waals surface area contributed by atoms with Crippen LogP contribution >= 0.6 is 0 Å². The maximum atomic E-state index is 4.60. The maximum absolute atomic E-state index is 4.60. The van der Waals surface area contributed by atoms with E-state index in [0.29, 0.717) is 5.92 Å². The van der Waals surface area contributed by atoms with Gasteiger partial charge in [0.25, 0.3) is 0 Å². The van der Waals surface area contributed by atoms with Gasteiger partial charge in [0, 0.05) is 24.0 Å². The predicted molar refractivity (Wildman–Crippen MR) is 107 cm³/mol. The van der Waals surface area contributed by atoms with Crippen LogP contribution in [0.15, 0.2) is 18.6 Å². The standard InChI is InChI=1S/C22H37N3/c1-15(2)16-12-24-25-19(16)22(8,9)11-10-21(6,7)18-14-23-13-17(18)20(3,4)5/h12-15,23H,10-11H2,1-9H3,(H,24,25). The summed E-state index contributed by atoms with van der Waals surface area (Å²) in [5, 5.41) is 7.68. The Labute approximate surface area is 154 Å². The first-order valence-electron chi connectivity index (χ1n) is 9.58. The lowest BCUT2D eigenvalue weighted by Crippen LogP contribution is -2.27. The van der Waals surface area contributed by atoms with E-state index in [-0.39, 0.29) is 16.2 Å². The largest absolute Gasteiger partial charge is 0.367 e. The normalized spacial score (nSPS) is 13.7. The molecule has 0 aromatic carbocycles. The molecule has 0 aliphatic rings. The van der Waals surface area contributed by atoms with Gasteiger partial charge in [-0.3, -0.25) is 5.10 Å². The van der Waals surface area contributed by atoms with Crippen molar-refractivity contribution >= 4 is 0 Å². The van der Waals surface area contributed by atoms with E-state index in [2.05, 4.69) is 96.1 Å². The first-order valence-corrected chi connectivity index (χ1v) is 9.58. The third-order valence-electron chi connectivity index (χ3n) is 5.59. The second-order valence-corrected chi connectivity index (χ2v) is 10.1. The van der Waals surface area contributed by atoms with E-state index in [0.717, 1.165) is 12.8 Å². The Balaban J connectivity index is 2.22. The van der Waals surface area contributed by atoms with Crippen molar-refractivity contribution in [2.75, 3.05) is 0 Å². The van der Waals surface area contributed by atoms with E-state index in [1.54, 1.807) is 0 Å². The molecule has 0 bridgehead atoms. The van der Waals surface area contributed by atoms with Crippen molar-refractivity contribution in [3.05, 3.63) is 41.0 Å². The number of H-pyrrole nitrogens is 2. The van der Waals surface area contributed by atoms with Crippen LogP contribution in [0.2, 0.25) is 0 Å². The summed E-state index contributed by atoms with van der Waals surface area (Å²) in [7, 11) is 0. The fourth-order valence-electron chi connectivity index (χ4n) is 3.70. The second kappa shape index (κ2) is 6.66. The van der Waals surface area contributed by atoms with Crippen molar-refractivity contribution in [1.82, 2.24) is 15.2 Å². The Hall–Kier alpha value is -1.51. The highest BCUT2D eigenvalue weighted by molar-refractivity contribution is 5.36. The molecule has 2 N–H and O–H groups in total. The molecule has 0 aliphatic heterocycles. The van der Waals surface area contributed by atoms with E-state index in [4.69, 9.17) is 0 Å². The summed E-state index contributed by atoms with van der Waals surface area (Å²) in [5.41, 5.74) is 5.81. The molecule has 0 amide bonds. The van der Waals surface area contributed by atoms with Crippen molar-refractivity contribution in [1.29, 1.82) is 0 Å². The van der Waals surface area contributed by atoms with Crippen molar-refractivity contribution in [2.45, 2.75) is 97.3 Å². The zero-order valence-corrected chi connectivity index (χ0v) is 17.7. The molecule has 0 saturated carbocycles. The third-order valence-corrected chi connectivity index (χ3v) is 5.59. The van der Waals surface area contributed by atoms with Crippen LogP contribution < -0.4 is 0 Å². The predicted octanol–water partition coefficient (Wildman–Crippen LogP) is 6.19. The zero-order chi connectivity index (χ0) is 19.0. The molecular weight excluding hydrogens is 306 g/mol. The van der Waals surface area contributed by atoms with Crippen molar-refractivity contribution in [2.24, 2.45) is 0 Å². The van der Waals surface area contributed by atoms with Crippen LogP contribution in [0.4, 0.5) is 0 Å². The quantitative estimate of drug-likeness (QED) is 0.645. The molecule has 2 aromatic heterocycles.